The Morgan fingerprint density at radius 1 is 1.28 bits per heavy atom. The van der Waals surface area contributed by atoms with Crippen LogP contribution in [0.15, 0.2) is 24.3 Å². The van der Waals surface area contributed by atoms with Gasteiger partial charge in [0.25, 0.3) is 0 Å². The third-order valence-corrected chi connectivity index (χ3v) is 5.75. The second-order valence-corrected chi connectivity index (χ2v) is 7.71. The van der Waals surface area contributed by atoms with Gasteiger partial charge in [0, 0.05) is 24.2 Å². The molecule has 0 unspecified atom stereocenters. The van der Waals surface area contributed by atoms with Gasteiger partial charge in [-0.2, -0.15) is 0 Å². The molecule has 3 heterocycles. The first-order chi connectivity index (χ1) is 14.0. The maximum absolute atomic E-state index is 13.6. The van der Waals surface area contributed by atoms with Crippen molar-refractivity contribution in [1.29, 1.82) is 0 Å². The van der Waals surface area contributed by atoms with E-state index in [-0.39, 0.29) is 36.6 Å². The van der Waals surface area contributed by atoms with Crippen molar-refractivity contribution in [2.45, 2.75) is 58.5 Å². The number of halogens is 1. The summed E-state index contributed by atoms with van der Waals surface area (Å²) in [5.41, 5.74) is 2.30. The summed E-state index contributed by atoms with van der Waals surface area (Å²) in [5, 5.41) is 0. The Hall–Kier alpha value is -2.83. The number of rotatable bonds is 4. The summed E-state index contributed by atoms with van der Waals surface area (Å²) in [7, 11) is 0. The van der Waals surface area contributed by atoms with E-state index in [0.29, 0.717) is 30.2 Å². The smallest absolute Gasteiger partial charge is 0.233 e. The number of piperidine rings is 1. The quantitative estimate of drug-likeness (QED) is 0.794. The molecule has 6 nitrogen and oxygen atoms in total. The molecule has 0 radical (unpaired) electrons. The molecular weight excluding hydrogens is 371 g/mol. The first-order valence-electron chi connectivity index (χ1n) is 10.2. The van der Waals surface area contributed by atoms with Crippen LogP contribution in [0.5, 0.6) is 0 Å². The van der Waals surface area contributed by atoms with Crippen LogP contribution in [0.2, 0.25) is 0 Å². The minimum absolute atomic E-state index is 0.0658. The fourth-order valence-electron chi connectivity index (χ4n) is 4.23. The Morgan fingerprint density at radius 3 is 2.86 bits per heavy atom. The van der Waals surface area contributed by atoms with Crippen LogP contribution in [0, 0.1) is 12.7 Å². The van der Waals surface area contributed by atoms with Gasteiger partial charge in [0.2, 0.25) is 11.8 Å². The summed E-state index contributed by atoms with van der Waals surface area (Å²) in [6, 6.07) is 6.09. The van der Waals surface area contributed by atoms with Crippen LogP contribution in [0.25, 0.3) is 0 Å². The van der Waals surface area contributed by atoms with Crippen molar-refractivity contribution in [3.63, 3.8) is 0 Å². The van der Waals surface area contributed by atoms with Crippen LogP contribution < -0.4 is 4.90 Å². The average molecular weight is 396 g/mol. The van der Waals surface area contributed by atoms with Crippen LogP contribution in [-0.2, 0) is 22.6 Å². The van der Waals surface area contributed by atoms with Gasteiger partial charge >= 0.3 is 0 Å². The largest absolute Gasteiger partial charge is 0.332 e. The highest BCUT2D eigenvalue weighted by Crippen LogP contribution is 2.35. The summed E-state index contributed by atoms with van der Waals surface area (Å²) >= 11 is 0. The van der Waals surface area contributed by atoms with E-state index in [1.165, 1.54) is 12.1 Å². The van der Waals surface area contributed by atoms with Gasteiger partial charge in [-0.25, -0.2) is 14.4 Å². The lowest BCUT2D eigenvalue weighted by Crippen LogP contribution is -2.39. The number of fused-ring (bicyclic) bond motifs is 1. The molecule has 0 saturated carbocycles. The molecule has 2 aliphatic rings. The van der Waals surface area contributed by atoms with Crippen LogP contribution in [0.4, 0.5) is 10.2 Å². The number of anilines is 1. The zero-order valence-corrected chi connectivity index (χ0v) is 16.8. The lowest BCUT2D eigenvalue weighted by Gasteiger charge is -2.35. The summed E-state index contributed by atoms with van der Waals surface area (Å²) in [6.45, 7) is 4.73. The van der Waals surface area contributed by atoms with E-state index >= 15 is 0 Å². The number of nitrogens with zero attached hydrogens (tertiary/aromatic N) is 4. The molecule has 152 valence electrons. The normalized spacial score (nSPS) is 18.9. The van der Waals surface area contributed by atoms with Crippen LogP contribution >= 0.6 is 0 Å². The van der Waals surface area contributed by atoms with Crippen molar-refractivity contribution in [2.24, 2.45) is 0 Å². The fourth-order valence-corrected chi connectivity index (χ4v) is 4.23. The number of carbonyl (C=O) groups is 2. The Kier molecular flexibility index (Phi) is 5.30. The van der Waals surface area contributed by atoms with Gasteiger partial charge in [-0.3, -0.25) is 14.5 Å². The summed E-state index contributed by atoms with van der Waals surface area (Å²) in [4.78, 5) is 38.0. The summed E-state index contributed by atoms with van der Waals surface area (Å²) < 4.78 is 13.6. The van der Waals surface area contributed by atoms with Gasteiger partial charge in [-0.05, 0) is 43.9 Å². The van der Waals surface area contributed by atoms with Crippen LogP contribution in [-0.4, -0.2) is 33.2 Å². The third-order valence-electron chi connectivity index (χ3n) is 5.75. The van der Waals surface area contributed by atoms with Crippen molar-refractivity contribution >= 4 is 17.6 Å². The predicted octanol–water partition coefficient (Wildman–Crippen LogP) is 3.48. The van der Waals surface area contributed by atoms with Gasteiger partial charge in [0.05, 0.1) is 19.0 Å². The molecule has 1 aromatic heterocycles. The van der Waals surface area contributed by atoms with Gasteiger partial charge < -0.3 is 4.90 Å². The molecule has 2 aliphatic heterocycles. The molecule has 2 amide bonds. The summed E-state index contributed by atoms with van der Waals surface area (Å²) in [5.74, 6) is 0.899. The molecule has 1 atom stereocenters. The number of aromatic nitrogens is 2. The molecule has 29 heavy (non-hydrogen) atoms. The van der Waals surface area contributed by atoms with E-state index in [0.717, 1.165) is 30.5 Å². The van der Waals surface area contributed by atoms with E-state index in [1.807, 2.05) is 18.7 Å². The fraction of sp³-hybridized carbons (Fsp3) is 0.455. The van der Waals surface area contributed by atoms with E-state index < -0.39 is 0 Å². The maximum Gasteiger partial charge on any atom is 0.233 e. The molecule has 0 N–H and O–H groups in total. The first kappa shape index (κ1) is 19.5. The Balaban J connectivity index is 1.69. The molecule has 1 aromatic carbocycles. The second kappa shape index (κ2) is 7.89. The first-order valence-corrected chi connectivity index (χ1v) is 10.2. The van der Waals surface area contributed by atoms with E-state index in [9.17, 15) is 14.0 Å². The second-order valence-electron chi connectivity index (χ2n) is 7.71. The van der Waals surface area contributed by atoms with E-state index in [1.54, 1.807) is 17.0 Å². The number of hydrogen-bond acceptors (Lipinski definition) is 4. The topological polar surface area (TPSA) is 66.4 Å². The molecule has 0 bridgehead atoms. The minimum Gasteiger partial charge on any atom is -0.332 e. The average Bonchev–Trinajstić information content (AvgIpc) is 3.03. The Bertz CT molecular complexity index is 962. The SMILES string of the molecule is CCC(=O)N1CCCC[C@H]1c1nc(C)c2c(n1)N(Cc1cccc(F)c1)C(=O)C2. The monoisotopic (exact) mass is 396 g/mol. The summed E-state index contributed by atoms with van der Waals surface area (Å²) in [6.07, 6.45) is 3.52. The van der Waals surface area contributed by atoms with Crippen LogP contribution in [0.1, 0.15) is 61.3 Å². The predicted molar refractivity (Wildman–Crippen MR) is 107 cm³/mol. The zero-order valence-electron chi connectivity index (χ0n) is 16.8. The van der Waals surface area contributed by atoms with Gasteiger partial charge in [0.1, 0.15) is 11.6 Å². The van der Waals surface area contributed by atoms with Crippen molar-refractivity contribution in [1.82, 2.24) is 14.9 Å². The van der Waals surface area contributed by atoms with E-state index in [4.69, 9.17) is 4.98 Å². The van der Waals surface area contributed by atoms with Crippen molar-refractivity contribution in [3.05, 3.63) is 52.7 Å². The molecular formula is C22H25FN4O2. The minimum atomic E-state index is -0.329. The zero-order chi connectivity index (χ0) is 20.5. The number of likely N-dealkylation sites (tertiary alicyclic amines) is 1. The van der Waals surface area contributed by atoms with Gasteiger partial charge in [-0.15, -0.1) is 0 Å². The van der Waals surface area contributed by atoms with Crippen LogP contribution in [0.3, 0.4) is 0 Å². The number of benzene rings is 1. The Morgan fingerprint density at radius 2 is 2.10 bits per heavy atom. The lowest BCUT2D eigenvalue weighted by molar-refractivity contribution is -0.135. The van der Waals surface area contributed by atoms with Crippen molar-refractivity contribution in [3.8, 4) is 0 Å². The maximum atomic E-state index is 13.6. The number of hydrogen-bond donors (Lipinski definition) is 0. The lowest BCUT2D eigenvalue weighted by atomic mass is 10.0. The molecule has 7 heteroatoms. The molecule has 1 saturated heterocycles. The van der Waals surface area contributed by atoms with Crippen molar-refractivity contribution < 1.29 is 14.0 Å². The Labute approximate surface area is 169 Å². The third kappa shape index (κ3) is 3.73. The standard InChI is InChI=1S/C22H25FN4O2/c1-3-19(28)26-10-5-4-9-18(26)21-24-14(2)17-12-20(29)27(22(17)25-21)13-15-7-6-8-16(23)11-15/h6-8,11,18H,3-5,9-10,12-13H2,1-2H3/t18-/m0/s1. The van der Waals surface area contributed by atoms with Gasteiger partial charge in [-0.1, -0.05) is 19.1 Å². The molecule has 0 aliphatic carbocycles. The van der Waals surface area contributed by atoms with E-state index in [2.05, 4.69) is 4.98 Å². The number of amides is 2. The molecule has 4 rings (SSSR count). The molecule has 1 fully saturated rings. The van der Waals surface area contributed by atoms with Gasteiger partial charge in [0.15, 0.2) is 5.82 Å². The molecule has 0 spiro atoms. The highest BCUT2D eigenvalue weighted by Gasteiger charge is 2.35. The highest BCUT2D eigenvalue weighted by molar-refractivity contribution is 6.00. The van der Waals surface area contributed by atoms with Crippen molar-refractivity contribution in [2.75, 3.05) is 11.4 Å². The molecule has 2 aromatic rings. The number of carbonyl (C=O) groups excluding carboxylic acids is 2. The highest BCUT2D eigenvalue weighted by atomic mass is 19.1. The number of aryl methyl sites for hydroxylation is 1.